The second kappa shape index (κ2) is 57.4. The highest BCUT2D eigenvalue weighted by Crippen LogP contribution is 2.49. The summed E-state index contributed by atoms with van der Waals surface area (Å²) in [6.45, 7) is 3.34. The van der Waals surface area contributed by atoms with Gasteiger partial charge in [0.25, 0.3) is 0 Å². The Hall–Kier alpha value is -2.82. The van der Waals surface area contributed by atoms with Crippen molar-refractivity contribution in [1.29, 1.82) is 0 Å². The number of allylic oxidation sites excluding steroid dienone is 5. The normalized spacial score (nSPS) is 27.3. The van der Waals surface area contributed by atoms with E-state index in [1.165, 1.54) is 147 Å². The predicted molar refractivity (Wildman–Crippen MR) is 384 cm³/mol. The molecule has 0 aromatic carbocycles. The van der Waals surface area contributed by atoms with Crippen LogP contribution in [0, 0.1) is 0 Å². The van der Waals surface area contributed by atoms with Gasteiger partial charge in [-0.25, -0.2) is 9.36 Å². The van der Waals surface area contributed by atoms with Crippen LogP contribution in [0.1, 0.15) is 297 Å². The van der Waals surface area contributed by atoms with Crippen molar-refractivity contribution in [2.45, 2.75) is 401 Å². The largest absolute Gasteiger partial charge is 0.472 e. The summed E-state index contributed by atoms with van der Waals surface area (Å²) in [5.74, 6) is -2.25. The van der Waals surface area contributed by atoms with Gasteiger partial charge in [0.05, 0.1) is 13.2 Å². The van der Waals surface area contributed by atoms with Crippen molar-refractivity contribution in [2.24, 2.45) is 0 Å². The number of esters is 3. The molecule has 590 valence electrons. The van der Waals surface area contributed by atoms with Gasteiger partial charge in [0.1, 0.15) is 98.7 Å². The first-order valence-corrected chi connectivity index (χ1v) is 40.8. The predicted octanol–water partition coefficient (Wildman–Crippen LogP) is 11.5. The van der Waals surface area contributed by atoms with Crippen LogP contribution >= 0.6 is 7.82 Å². The molecule has 0 aromatic rings. The Balaban J connectivity index is 1.73. The number of aliphatic hydroxyl groups is 10. The Bertz CT molecular complexity index is 2220. The molecule has 1 saturated carbocycles. The average molecular weight is 1470 g/mol. The van der Waals surface area contributed by atoms with Crippen LogP contribution in [0.3, 0.4) is 0 Å². The molecule has 3 fully saturated rings. The minimum Gasteiger partial charge on any atom is -0.463 e. The summed E-state index contributed by atoms with van der Waals surface area (Å²) in [4.78, 5) is 50.9. The highest BCUT2D eigenvalue weighted by Gasteiger charge is 2.58. The molecule has 18 atom stereocenters. The molecule has 0 aromatic heterocycles. The van der Waals surface area contributed by atoms with Crippen LogP contribution in [-0.2, 0) is 61.2 Å². The molecule has 11 N–H and O–H groups in total. The first-order valence-electron chi connectivity index (χ1n) is 39.3. The lowest BCUT2D eigenvalue weighted by atomic mass is 9.84. The number of unbranched alkanes of at least 4 members (excludes halogenated alkanes) is 37. The molecule has 25 heteroatoms. The van der Waals surface area contributed by atoms with Crippen LogP contribution in [-0.4, -0.2) is 204 Å². The summed E-state index contributed by atoms with van der Waals surface area (Å²) < 4.78 is 64.9. The quantitative estimate of drug-likeness (QED) is 0.00512. The fourth-order valence-electron chi connectivity index (χ4n) is 12.8. The molecule has 3 aliphatic rings. The number of hydrogen-bond acceptors (Lipinski definition) is 23. The van der Waals surface area contributed by atoms with E-state index in [-0.39, 0.29) is 12.8 Å². The number of carbonyl (C=O) groups excluding carboxylic acids is 3. The molecule has 101 heavy (non-hydrogen) atoms. The van der Waals surface area contributed by atoms with Crippen LogP contribution in [0.25, 0.3) is 0 Å². The highest BCUT2D eigenvalue weighted by molar-refractivity contribution is 7.47. The van der Waals surface area contributed by atoms with Crippen LogP contribution in [0.4, 0.5) is 0 Å². The Morgan fingerprint density at radius 1 is 0.406 bits per heavy atom. The second-order valence-corrected chi connectivity index (χ2v) is 29.5. The number of phosphoric acid groups is 1. The molecular weight excluding hydrogens is 1330 g/mol. The Morgan fingerprint density at radius 3 is 1.19 bits per heavy atom. The Labute approximate surface area is 604 Å². The van der Waals surface area contributed by atoms with Crippen LogP contribution in [0.2, 0.25) is 0 Å². The van der Waals surface area contributed by atoms with Crippen molar-refractivity contribution in [1.82, 2.24) is 0 Å². The summed E-state index contributed by atoms with van der Waals surface area (Å²) in [6, 6.07) is 0. The van der Waals surface area contributed by atoms with E-state index in [1.807, 2.05) is 6.08 Å². The zero-order valence-corrected chi connectivity index (χ0v) is 62.6. The number of aliphatic hydroxyl groups excluding tert-OH is 10. The topological polar surface area (TPSA) is 374 Å². The van der Waals surface area contributed by atoms with Gasteiger partial charge in [-0.3, -0.25) is 18.6 Å². The molecule has 24 nitrogen and oxygen atoms in total. The lowest BCUT2D eigenvalue weighted by Gasteiger charge is -2.49. The first-order chi connectivity index (χ1) is 48.8. The molecule has 3 rings (SSSR count). The molecule has 0 bridgehead atoms. The maximum absolute atomic E-state index is 14.3. The molecule has 2 aliphatic heterocycles. The molecule has 0 radical (unpaired) electrons. The summed E-state index contributed by atoms with van der Waals surface area (Å²) in [5.41, 5.74) is 0. The van der Waals surface area contributed by atoms with Crippen LogP contribution in [0.15, 0.2) is 36.5 Å². The summed E-state index contributed by atoms with van der Waals surface area (Å²) in [7, 11) is -5.73. The van der Waals surface area contributed by atoms with Gasteiger partial charge < -0.3 is 89.1 Å². The third kappa shape index (κ3) is 40.1. The van der Waals surface area contributed by atoms with E-state index in [0.29, 0.717) is 12.8 Å². The fourth-order valence-corrected chi connectivity index (χ4v) is 13.8. The number of carbonyl (C=O) groups is 3. The highest BCUT2D eigenvalue weighted by atomic mass is 31.2. The number of rotatable bonds is 61. The van der Waals surface area contributed by atoms with E-state index in [9.17, 15) is 74.9 Å². The van der Waals surface area contributed by atoms with Gasteiger partial charge in [0.15, 0.2) is 18.7 Å². The molecule has 1 aliphatic carbocycles. The number of hydrogen-bond donors (Lipinski definition) is 11. The van der Waals surface area contributed by atoms with Crippen LogP contribution < -0.4 is 0 Å². The standard InChI is InChI=1S/C76H137O24P/c1-4-7-10-13-16-19-22-25-28-31-33-36-39-42-45-48-51-61(79)93-56-59-64(82)66(84)71(89)76(97-59)99-73-69(87)67(85)68(86)72(98-75-70(88)65(83)63(81)58(53-77)96-75)74(73)100-101(90,91)94-55-57(95-62(80)52-49-46-43-40-37-34-30-27-24-21-18-15-12-9-6-3)54-92-60(78)50-47-44-41-38-35-32-29-26-23-20-17-14-11-8-5-2/h20,23,43,46,49,52,57-59,63-77,81-89H,4-19,21-22,24-42,44-45,47-48,50-51,53-56H2,1-3H3,(H,90,91)/b23-20-,46-43+,52-49+. The maximum Gasteiger partial charge on any atom is 0.472 e. The number of phosphoric ester groups is 1. The minimum atomic E-state index is -5.73. The van der Waals surface area contributed by atoms with E-state index < -0.39 is 156 Å². The summed E-state index contributed by atoms with van der Waals surface area (Å²) in [6.07, 6.45) is 21.2. The van der Waals surface area contributed by atoms with E-state index >= 15 is 0 Å². The SMILES string of the molecule is CCCCCC/C=C\CCCCCCCCCC(=O)OCC(COP(=O)(O)OC1C(OC2OC(CO)C(O)C(O)C2O)C(O)C(O)C(O)C1OC1OC(COC(=O)CCCCCCCCCCCCCCCCCC)C(O)C(O)C1O)OC(=O)/C=C/C=C/CCCCCCCCCCCCC. The van der Waals surface area contributed by atoms with Gasteiger partial charge in [0.2, 0.25) is 0 Å². The van der Waals surface area contributed by atoms with Crippen molar-refractivity contribution in [3.05, 3.63) is 36.5 Å². The second-order valence-electron chi connectivity index (χ2n) is 28.1. The molecule has 2 heterocycles. The smallest absolute Gasteiger partial charge is 0.463 e. The van der Waals surface area contributed by atoms with Gasteiger partial charge in [-0.1, -0.05) is 263 Å². The first kappa shape index (κ1) is 92.4. The van der Waals surface area contributed by atoms with Crippen molar-refractivity contribution < 1.29 is 117 Å². The monoisotopic (exact) mass is 1460 g/mol. The fraction of sp³-hybridized carbons (Fsp3) is 0.882. The lowest BCUT2D eigenvalue weighted by Crippen LogP contribution is -2.69. The summed E-state index contributed by atoms with van der Waals surface area (Å²) in [5, 5.41) is 110. The van der Waals surface area contributed by atoms with Crippen LogP contribution in [0.5, 0.6) is 0 Å². The third-order valence-corrected chi connectivity index (χ3v) is 20.2. The Morgan fingerprint density at radius 2 is 0.762 bits per heavy atom. The van der Waals surface area contributed by atoms with E-state index in [2.05, 4.69) is 32.9 Å². The molecule has 0 amide bonds. The zero-order chi connectivity index (χ0) is 73.9. The van der Waals surface area contributed by atoms with Gasteiger partial charge in [-0.05, 0) is 51.4 Å². The molecular formula is C76H137O24P. The molecule has 18 unspecified atom stereocenters. The molecule has 0 spiro atoms. The summed E-state index contributed by atoms with van der Waals surface area (Å²) >= 11 is 0. The minimum absolute atomic E-state index is 0.0201. The van der Waals surface area contributed by atoms with E-state index in [4.69, 9.17) is 42.2 Å². The van der Waals surface area contributed by atoms with Gasteiger partial charge >= 0.3 is 25.7 Å². The van der Waals surface area contributed by atoms with Crippen molar-refractivity contribution >= 4 is 25.7 Å². The van der Waals surface area contributed by atoms with E-state index in [1.54, 1.807) is 6.08 Å². The lowest BCUT2D eigenvalue weighted by molar-refractivity contribution is -0.360. The van der Waals surface area contributed by atoms with Gasteiger partial charge in [-0.15, -0.1) is 0 Å². The van der Waals surface area contributed by atoms with Crippen molar-refractivity contribution in [3.8, 4) is 0 Å². The number of ether oxygens (including phenoxy) is 7. The van der Waals surface area contributed by atoms with E-state index in [0.717, 1.165) is 115 Å². The average Bonchev–Trinajstić information content (AvgIpc) is 0.760. The van der Waals surface area contributed by atoms with Crippen molar-refractivity contribution in [3.63, 3.8) is 0 Å². The Kier molecular flexibility index (Phi) is 52.5. The third-order valence-electron chi connectivity index (χ3n) is 19.3. The van der Waals surface area contributed by atoms with Gasteiger partial charge in [0, 0.05) is 18.9 Å². The van der Waals surface area contributed by atoms with Crippen molar-refractivity contribution in [2.75, 3.05) is 26.4 Å². The van der Waals surface area contributed by atoms with Gasteiger partial charge in [-0.2, -0.15) is 0 Å². The molecule has 2 saturated heterocycles. The zero-order valence-electron chi connectivity index (χ0n) is 61.7. The maximum atomic E-state index is 14.3.